The maximum atomic E-state index is 10.5. The quantitative estimate of drug-likeness (QED) is 0.561. The van der Waals surface area contributed by atoms with Crippen molar-refractivity contribution in [1.82, 2.24) is 10.2 Å². The zero-order valence-corrected chi connectivity index (χ0v) is 19.3. The number of nitrogens with zero attached hydrogens (tertiary/aromatic N) is 1. The summed E-state index contributed by atoms with van der Waals surface area (Å²) in [5, 5.41) is 13.9. The first-order valence-electron chi connectivity index (χ1n) is 11.5. The number of hydrogen-bond donors (Lipinski definition) is 2. The fraction of sp³-hybridized carbons (Fsp3) is 0.538. The van der Waals surface area contributed by atoms with E-state index in [4.69, 9.17) is 9.47 Å². The van der Waals surface area contributed by atoms with E-state index in [1.807, 2.05) is 18.2 Å². The van der Waals surface area contributed by atoms with Crippen LogP contribution in [0.1, 0.15) is 48.8 Å². The van der Waals surface area contributed by atoms with Gasteiger partial charge in [0.25, 0.3) is 0 Å². The molecule has 2 aromatic rings. The second kappa shape index (κ2) is 12.1. The molecule has 1 saturated carbocycles. The maximum Gasteiger partial charge on any atom is 0.161 e. The van der Waals surface area contributed by atoms with Crippen LogP contribution in [0, 0.1) is 6.92 Å². The lowest BCUT2D eigenvalue weighted by atomic mass is 9.94. The molecule has 1 atom stereocenters. The van der Waals surface area contributed by atoms with E-state index in [2.05, 4.69) is 48.5 Å². The van der Waals surface area contributed by atoms with Crippen LogP contribution in [0.15, 0.2) is 42.5 Å². The van der Waals surface area contributed by atoms with Crippen LogP contribution in [0.5, 0.6) is 11.5 Å². The highest BCUT2D eigenvalue weighted by Gasteiger charge is 2.20. The number of benzene rings is 2. The number of aliphatic hydroxyl groups is 1. The van der Waals surface area contributed by atoms with Crippen molar-refractivity contribution in [3.63, 3.8) is 0 Å². The van der Waals surface area contributed by atoms with Gasteiger partial charge < -0.3 is 24.8 Å². The van der Waals surface area contributed by atoms with Crippen LogP contribution in [-0.4, -0.2) is 49.5 Å². The fourth-order valence-corrected chi connectivity index (χ4v) is 4.36. The van der Waals surface area contributed by atoms with E-state index in [-0.39, 0.29) is 6.61 Å². The number of nitrogens with one attached hydrogen (secondary N) is 1. The lowest BCUT2D eigenvalue weighted by Gasteiger charge is -2.32. The van der Waals surface area contributed by atoms with Gasteiger partial charge in [-0.05, 0) is 50.1 Å². The van der Waals surface area contributed by atoms with Crippen LogP contribution in [0.25, 0.3) is 0 Å². The van der Waals surface area contributed by atoms with E-state index in [1.54, 1.807) is 7.11 Å². The van der Waals surface area contributed by atoms with Crippen molar-refractivity contribution in [2.24, 2.45) is 0 Å². The molecule has 2 N–H and O–H groups in total. The summed E-state index contributed by atoms with van der Waals surface area (Å²) in [6, 6.07) is 15.1. The van der Waals surface area contributed by atoms with Crippen LogP contribution < -0.4 is 14.8 Å². The van der Waals surface area contributed by atoms with Crippen molar-refractivity contribution in [3.8, 4) is 11.5 Å². The van der Waals surface area contributed by atoms with Crippen molar-refractivity contribution < 1.29 is 14.6 Å². The zero-order chi connectivity index (χ0) is 22.1. The highest BCUT2D eigenvalue weighted by Crippen LogP contribution is 2.28. The molecule has 170 valence electrons. The third-order valence-electron chi connectivity index (χ3n) is 6.10. The largest absolute Gasteiger partial charge is 0.493 e. The molecule has 0 heterocycles. The van der Waals surface area contributed by atoms with E-state index in [0.29, 0.717) is 24.1 Å². The van der Waals surface area contributed by atoms with Gasteiger partial charge in [0.15, 0.2) is 11.5 Å². The Hall–Kier alpha value is -2.08. The molecule has 0 aromatic heterocycles. The van der Waals surface area contributed by atoms with E-state index < -0.39 is 6.10 Å². The van der Waals surface area contributed by atoms with Gasteiger partial charge in [0.1, 0.15) is 12.7 Å². The Kier molecular flexibility index (Phi) is 9.19. The number of aliphatic hydroxyl groups excluding tert-OH is 1. The normalized spacial score (nSPS) is 15.8. The molecule has 1 aliphatic carbocycles. The lowest BCUT2D eigenvalue weighted by Crippen LogP contribution is -2.40. The van der Waals surface area contributed by atoms with Gasteiger partial charge in [-0.1, -0.05) is 55.2 Å². The number of rotatable bonds is 11. The Morgan fingerprint density at radius 3 is 2.48 bits per heavy atom. The molecule has 2 aromatic carbocycles. The van der Waals surface area contributed by atoms with Crippen LogP contribution in [0.4, 0.5) is 0 Å². The van der Waals surface area contributed by atoms with Crippen molar-refractivity contribution in [3.05, 3.63) is 59.2 Å². The average molecular weight is 427 g/mol. The number of aryl methyl sites for hydroxylation is 1. The molecule has 1 unspecified atom stereocenters. The Morgan fingerprint density at radius 1 is 1.03 bits per heavy atom. The highest BCUT2D eigenvalue weighted by atomic mass is 16.5. The molecule has 0 saturated heterocycles. The van der Waals surface area contributed by atoms with Gasteiger partial charge in [-0.25, -0.2) is 0 Å². The van der Waals surface area contributed by atoms with Crippen LogP contribution in [0.3, 0.4) is 0 Å². The monoisotopic (exact) mass is 426 g/mol. The molecule has 0 bridgehead atoms. The minimum absolute atomic E-state index is 0.262. The molecule has 5 nitrogen and oxygen atoms in total. The average Bonchev–Trinajstić information content (AvgIpc) is 2.78. The minimum atomic E-state index is -0.521. The number of likely N-dealkylation sites (N-methyl/N-ethyl adjacent to an activating group) is 1. The van der Waals surface area contributed by atoms with E-state index in [9.17, 15) is 5.11 Å². The van der Waals surface area contributed by atoms with Gasteiger partial charge >= 0.3 is 0 Å². The summed E-state index contributed by atoms with van der Waals surface area (Å²) in [7, 11) is 3.76. The molecule has 5 heteroatoms. The van der Waals surface area contributed by atoms with Crippen LogP contribution >= 0.6 is 0 Å². The topological polar surface area (TPSA) is 54.0 Å². The van der Waals surface area contributed by atoms with Gasteiger partial charge in [0.05, 0.1) is 7.11 Å². The van der Waals surface area contributed by atoms with Crippen LogP contribution in [0.2, 0.25) is 0 Å². The summed E-state index contributed by atoms with van der Waals surface area (Å²) in [6.07, 6.45) is 5.88. The molecular formula is C26H38N2O3. The third kappa shape index (κ3) is 7.53. The maximum absolute atomic E-state index is 10.5. The lowest BCUT2D eigenvalue weighted by molar-refractivity contribution is 0.0553. The predicted molar refractivity (Wildman–Crippen MR) is 126 cm³/mol. The first-order chi connectivity index (χ1) is 15.0. The molecule has 1 fully saturated rings. The van der Waals surface area contributed by atoms with Gasteiger partial charge in [0, 0.05) is 25.7 Å². The molecule has 3 rings (SSSR count). The first-order valence-corrected chi connectivity index (χ1v) is 11.5. The van der Waals surface area contributed by atoms with E-state index in [0.717, 1.165) is 18.7 Å². The molecule has 0 radical (unpaired) electrons. The predicted octanol–water partition coefficient (Wildman–Crippen LogP) is 4.30. The second-order valence-corrected chi connectivity index (χ2v) is 8.77. The van der Waals surface area contributed by atoms with Crippen LogP contribution in [-0.2, 0) is 13.1 Å². The summed E-state index contributed by atoms with van der Waals surface area (Å²) in [5.74, 6) is 1.37. The summed E-state index contributed by atoms with van der Waals surface area (Å²) < 4.78 is 11.4. The number of methoxy groups -OCH3 is 1. The van der Waals surface area contributed by atoms with Gasteiger partial charge in [-0.2, -0.15) is 0 Å². The molecular weight excluding hydrogens is 388 g/mol. The fourth-order valence-electron chi connectivity index (χ4n) is 4.36. The first kappa shape index (κ1) is 23.6. The standard InChI is InChI=1S/C26H38N2O3/c1-20-8-7-9-21(14-20)16-27-17-22-12-13-25(26(15-22)30-3)31-19-24(29)18-28(2)23-10-5-4-6-11-23/h7-9,12-15,23-24,27,29H,4-6,10-11,16-19H2,1-3H3. The van der Waals surface area contributed by atoms with Gasteiger partial charge in [0.2, 0.25) is 0 Å². The third-order valence-corrected chi connectivity index (χ3v) is 6.10. The SMILES string of the molecule is COc1cc(CNCc2cccc(C)c2)ccc1OCC(O)CN(C)C1CCCCC1. The Balaban J connectivity index is 1.46. The van der Waals surface area contributed by atoms with E-state index >= 15 is 0 Å². The van der Waals surface area contributed by atoms with Crippen molar-refractivity contribution in [2.45, 2.75) is 64.3 Å². The molecule has 0 spiro atoms. The Bertz CT molecular complexity index is 805. The summed E-state index contributed by atoms with van der Waals surface area (Å²) in [4.78, 5) is 2.29. The summed E-state index contributed by atoms with van der Waals surface area (Å²) in [5.41, 5.74) is 3.68. The van der Waals surface area contributed by atoms with E-state index in [1.165, 1.54) is 43.2 Å². The molecule has 31 heavy (non-hydrogen) atoms. The Labute approximate surface area is 187 Å². The molecule has 0 aliphatic heterocycles. The summed E-state index contributed by atoms with van der Waals surface area (Å²) >= 11 is 0. The smallest absolute Gasteiger partial charge is 0.161 e. The Morgan fingerprint density at radius 2 is 1.77 bits per heavy atom. The van der Waals surface area contributed by atoms with Crippen molar-refractivity contribution >= 4 is 0 Å². The molecule has 1 aliphatic rings. The summed E-state index contributed by atoms with van der Waals surface area (Å²) in [6.45, 7) is 4.58. The van der Waals surface area contributed by atoms with Crippen molar-refractivity contribution in [1.29, 1.82) is 0 Å². The zero-order valence-electron chi connectivity index (χ0n) is 19.3. The van der Waals surface area contributed by atoms with Crippen molar-refractivity contribution in [2.75, 3.05) is 27.3 Å². The number of hydrogen-bond acceptors (Lipinski definition) is 5. The molecule has 0 amide bonds. The second-order valence-electron chi connectivity index (χ2n) is 8.77. The van der Waals surface area contributed by atoms with Gasteiger partial charge in [-0.3, -0.25) is 0 Å². The minimum Gasteiger partial charge on any atom is -0.493 e. The van der Waals surface area contributed by atoms with Gasteiger partial charge in [-0.15, -0.1) is 0 Å². The number of ether oxygens (including phenoxy) is 2. The highest BCUT2D eigenvalue weighted by molar-refractivity contribution is 5.43.